The Morgan fingerprint density at radius 1 is 1.07 bits per heavy atom. The van der Waals surface area contributed by atoms with E-state index in [1.54, 1.807) is 49.4 Å². The highest BCUT2D eigenvalue weighted by Gasteiger charge is 2.49. The number of imide groups is 1. The van der Waals surface area contributed by atoms with Crippen molar-refractivity contribution in [1.29, 1.82) is 0 Å². The van der Waals surface area contributed by atoms with E-state index in [-0.39, 0.29) is 12.1 Å². The van der Waals surface area contributed by atoms with Crippen molar-refractivity contribution in [1.82, 2.24) is 10.2 Å². The van der Waals surface area contributed by atoms with E-state index in [2.05, 4.69) is 5.32 Å². The van der Waals surface area contributed by atoms with Gasteiger partial charge in [-0.15, -0.1) is 0 Å². The number of benzene rings is 2. The van der Waals surface area contributed by atoms with E-state index < -0.39 is 23.3 Å². The van der Waals surface area contributed by atoms with Gasteiger partial charge in [0.1, 0.15) is 17.0 Å². The fourth-order valence-electron chi connectivity index (χ4n) is 3.07. The van der Waals surface area contributed by atoms with Crippen molar-refractivity contribution in [2.75, 3.05) is 20.8 Å². The van der Waals surface area contributed by atoms with Gasteiger partial charge < -0.3 is 14.8 Å². The molecule has 0 saturated carbocycles. The molecule has 0 aromatic heterocycles. The van der Waals surface area contributed by atoms with Crippen molar-refractivity contribution >= 4 is 17.7 Å². The number of ether oxygens (including phenoxy) is 2. The summed E-state index contributed by atoms with van der Waals surface area (Å²) < 4.78 is 10.3. The summed E-state index contributed by atoms with van der Waals surface area (Å²) in [6, 6.07) is 13.1. The van der Waals surface area contributed by atoms with Crippen LogP contribution in [-0.2, 0) is 10.3 Å². The normalized spacial score (nSPS) is 19.0. The molecule has 1 heterocycles. The van der Waals surface area contributed by atoms with Gasteiger partial charge in [0.15, 0.2) is 5.78 Å². The number of urea groups is 1. The van der Waals surface area contributed by atoms with Gasteiger partial charge in [-0.05, 0) is 24.6 Å². The summed E-state index contributed by atoms with van der Waals surface area (Å²) in [4.78, 5) is 38.9. The molecule has 0 bridgehead atoms. The Labute approximate surface area is 156 Å². The van der Waals surface area contributed by atoms with Gasteiger partial charge in [-0.2, -0.15) is 0 Å². The summed E-state index contributed by atoms with van der Waals surface area (Å²) >= 11 is 0. The smallest absolute Gasteiger partial charge is 0.325 e. The third-order valence-electron chi connectivity index (χ3n) is 4.64. The molecule has 0 spiro atoms. The molecular weight excluding hydrogens is 348 g/mol. The second-order valence-corrected chi connectivity index (χ2v) is 6.30. The number of ketones is 1. The maximum absolute atomic E-state index is 12.9. The van der Waals surface area contributed by atoms with E-state index in [4.69, 9.17) is 9.47 Å². The number of hydrogen-bond acceptors (Lipinski definition) is 5. The van der Waals surface area contributed by atoms with E-state index in [0.717, 1.165) is 4.90 Å². The van der Waals surface area contributed by atoms with E-state index in [0.29, 0.717) is 17.1 Å². The summed E-state index contributed by atoms with van der Waals surface area (Å²) in [5.41, 5.74) is -0.282. The minimum Gasteiger partial charge on any atom is -0.497 e. The van der Waals surface area contributed by atoms with Crippen LogP contribution in [0.2, 0.25) is 0 Å². The van der Waals surface area contributed by atoms with Gasteiger partial charge in [0.05, 0.1) is 26.3 Å². The number of carbonyl (C=O) groups excluding carboxylic acids is 3. The third-order valence-corrected chi connectivity index (χ3v) is 4.64. The van der Waals surface area contributed by atoms with Crippen LogP contribution in [0.3, 0.4) is 0 Å². The fraction of sp³-hybridized carbons (Fsp3) is 0.250. The highest BCUT2D eigenvalue weighted by Crippen LogP contribution is 2.30. The lowest BCUT2D eigenvalue weighted by Crippen LogP contribution is -2.41. The minimum atomic E-state index is -1.21. The molecule has 1 N–H and O–H groups in total. The molecule has 27 heavy (non-hydrogen) atoms. The number of Topliss-reactive ketones (excluding diaryl/α,β-unsaturated/α-hetero) is 1. The first kappa shape index (κ1) is 18.4. The van der Waals surface area contributed by atoms with Gasteiger partial charge in [-0.1, -0.05) is 30.3 Å². The Balaban J connectivity index is 1.85. The van der Waals surface area contributed by atoms with Crippen molar-refractivity contribution in [3.63, 3.8) is 0 Å². The van der Waals surface area contributed by atoms with Gasteiger partial charge in [0, 0.05) is 6.07 Å². The zero-order chi connectivity index (χ0) is 19.6. The van der Waals surface area contributed by atoms with Crippen molar-refractivity contribution in [3.05, 3.63) is 59.7 Å². The van der Waals surface area contributed by atoms with Gasteiger partial charge in [-0.25, -0.2) is 4.79 Å². The lowest BCUT2D eigenvalue weighted by atomic mass is 9.92. The second-order valence-electron chi connectivity index (χ2n) is 6.30. The average Bonchev–Trinajstić information content (AvgIpc) is 2.92. The van der Waals surface area contributed by atoms with Crippen molar-refractivity contribution in [3.8, 4) is 11.5 Å². The maximum Gasteiger partial charge on any atom is 0.325 e. The van der Waals surface area contributed by atoms with Crippen LogP contribution < -0.4 is 14.8 Å². The molecule has 1 atom stereocenters. The number of methoxy groups -OCH3 is 2. The van der Waals surface area contributed by atoms with Gasteiger partial charge in [0.2, 0.25) is 0 Å². The summed E-state index contributed by atoms with van der Waals surface area (Å²) in [7, 11) is 2.94. The number of carbonyl (C=O) groups is 3. The SMILES string of the molecule is COc1ccc(C(=O)CN2C(=O)N[C@@](C)(c3ccccc3)C2=O)c(OC)c1. The predicted octanol–water partition coefficient (Wildman–Crippen LogP) is 2.35. The van der Waals surface area contributed by atoms with Crippen LogP contribution in [0.4, 0.5) is 4.79 Å². The first-order chi connectivity index (χ1) is 12.9. The summed E-state index contributed by atoms with van der Waals surface area (Å²) in [6.07, 6.45) is 0. The number of nitrogens with one attached hydrogen (secondary N) is 1. The Morgan fingerprint density at radius 3 is 2.41 bits per heavy atom. The van der Waals surface area contributed by atoms with Crippen LogP contribution in [-0.4, -0.2) is 43.4 Å². The molecule has 1 aliphatic heterocycles. The molecule has 2 aromatic rings. The van der Waals surface area contributed by atoms with Crippen LogP contribution in [0.1, 0.15) is 22.8 Å². The molecule has 3 amide bonds. The molecule has 0 radical (unpaired) electrons. The average molecular weight is 368 g/mol. The van der Waals surface area contributed by atoms with Crippen molar-refractivity contribution < 1.29 is 23.9 Å². The van der Waals surface area contributed by atoms with E-state index >= 15 is 0 Å². The highest BCUT2D eigenvalue weighted by molar-refractivity contribution is 6.11. The van der Waals surface area contributed by atoms with Crippen LogP contribution in [0.15, 0.2) is 48.5 Å². The lowest BCUT2D eigenvalue weighted by molar-refractivity contribution is -0.130. The molecule has 1 aliphatic rings. The standard InChI is InChI=1S/C20H20N2O5/c1-20(13-7-5-4-6-8-13)18(24)22(19(25)21-20)12-16(23)15-10-9-14(26-2)11-17(15)27-3/h4-11H,12H2,1-3H3,(H,21,25)/t20-/m0/s1. The Bertz CT molecular complexity index is 897. The zero-order valence-corrected chi connectivity index (χ0v) is 15.3. The Morgan fingerprint density at radius 2 is 1.78 bits per heavy atom. The first-order valence-corrected chi connectivity index (χ1v) is 8.35. The maximum atomic E-state index is 12.9. The van der Waals surface area contributed by atoms with Crippen LogP contribution in [0.25, 0.3) is 0 Å². The monoisotopic (exact) mass is 368 g/mol. The summed E-state index contributed by atoms with van der Waals surface area (Å²) in [6.45, 7) is 1.25. The molecule has 0 unspecified atom stereocenters. The number of nitrogens with zero attached hydrogens (tertiary/aromatic N) is 1. The number of amides is 3. The quantitative estimate of drug-likeness (QED) is 0.625. The predicted molar refractivity (Wildman–Crippen MR) is 97.9 cm³/mol. The fourth-order valence-corrected chi connectivity index (χ4v) is 3.07. The molecule has 7 heteroatoms. The number of rotatable bonds is 6. The molecule has 3 rings (SSSR count). The highest BCUT2D eigenvalue weighted by atomic mass is 16.5. The van der Waals surface area contributed by atoms with Gasteiger partial charge >= 0.3 is 6.03 Å². The summed E-state index contributed by atoms with van der Waals surface area (Å²) in [5, 5.41) is 2.68. The molecule has 7 nitrogen and oxygen atoms in total. The molecular formula is C20H20N2O5. The molecule has 1 fully saturated rings. The largest absolute Gasteiger partial charge is 0.497 e. The first-order valence-electron chi connectivity index (χ1n) is 8.35. The third kappa shape index (κ3) is 3.23. The van der Waals surface area contributed by atoms with Crippen LogP contribution in [0.5, 0.6) is 11.5 Å². The van der Waals surface area contributed by atoms with Crippen molar-refractivity contribution in [2.45, 2.75) is 12.5 Å². The van der Waals surface area contributed by atoms with Gasteiger partial charge in [0.25, 0.3) is 5.91 Å². The zero-order valence-electron chi connectivity index (χ0n) is 15.3. The van der Waals surface area contributed by atoms with E-state index in [1.807, 2.05) is 6.07 Å². The van der Waals surface area contributed by atoms with E-state index in [9.17, 15) is 14.4 Å². The van der Waals surface area contributed by atoms with Crippen molar-refractivity contribution in [2.24, 2.45) is 0 Å². The second kappa shape index (κ2) is 7.11. The molecule has 140 valence electrons. The molecule has 0 aliphatic carbocycles. The van der Waals surface area contributed by atoms with Crippen LogP contribution in [0, 0.1) is 0 Å². The van der Waals surface area contributed by atoms with E-state index in [1.165, 1.54) is 14.2 Å². The molecule has 1 saturated heterocycles. The minimum absolute atomic E-state index is 0.271. The Kier molecular flexibility index (Phi) is 4.85. The number of hydrogen-bond donors (Lipinski definition) is 1. The topological polar surface area (TPSA) is 84.9 Å². The summed E-state index contributed by atoms with van der Waals surface area (Å²) in [5.74, 6) is -0.0258. The van der Waals surface area contributed by atoms with Gasteiger partial charge in [-0.3, -0.25) is 14.5 Å². The Hall–Kier alpha value is -3.35. The lowest BCUT2D eigenvalue weighted by Gasteiger charge is -2.22. The molecule has 2 aromatic carbocycles. The van der Waals surface area contributed by atoms with Crippen LogP contribution >= 0.6 is 0 Å².